The number of hydrogen-bond acceptors (Lipinski definition) is 6. The lowest BCUT2D eigenvalue weighted by Gasteiger charge is -2.30. The molecule has 1 N–H and O–H groups in total. The van der Waals surface area contributed by atoms with E-state index in [1.165, 1.54) is 21.3 Å². The second-order valence-electron chi connectivity index (χ2n) is 6.05. The standard InChI is InChI=1S/C20H20N2O6/c1-26-15-10-9-12(16(27-2)17(15)28-3)11-14-18(23)21-20(25)22(19(14)24)13-7-5-4-6-8-13/h4-10,14H,11H2,1-3H3,(H,21,23,25)/t14-/m1/s1. The van der Waals surface area contributed by atoms with Gasteiger partial charge in [-0.05, 0) is 30.2 Å². The van der Waals surface area contributed by atoms with E-state index in [4.69, 9.17) is 14.2 Å². The summed E-state index contributed by atoms with van der Waals surface area (Å²) in [4.78, 5) is 38.6. The molecule has 0 radical (unpaired) electrons. The molecule has 1 heterocycles. The van der Waals surface area contributed by atoms with Crippen molar-refractivity contribution in [3.05, 3.63) is 48.0 Å². The van der Waals surface area contributed by atoms with Gasteiger partial charge in [-0.2, -0.15) is 0 Å². The molecule has 1 fully saturated rings. The van der Waals surface area contributed by atoms with Crippen LogP contribution in [0, 0.1) is 5.92 Å². The second-order valence-corrected chi connectivity index (χ2v) is 6.05. The van der Waals surface area contributed by atoms with Gasteiger partial charge in [-0.1, -0.05) is 24.3 Å². The molecule has 8 heteroatoms. The molecule has 1 aliphatic heterocycles. The molecule has 0 saturated carbocycles. The average Bonchev–Trinajstić information content (AvgIpc) is 2.70. The summed E-state index contributed by atoms with van der Waals surface area (Å²) >= 11 is 0. The number of hydrogen-bond donors (Lipinski definition) is 1. The number of nitrogens with one attached hydrogen (secondary N) is 1. The summed E-state index contributed by atoms with van der Waals surface area (Å²) in [5, 5.41) is 2.25. The Bertz CT molecular complexity index is 912. The molecule has 28 heavy (non-hydrogen) atoms. The third-order valence-corrected chi connectivity index (χ3v) is 4.49. The van der Waals surface area contributed by atoms with Gasteiger partial charge in [0.05, 0.1) is 27.0 Å². The van der Waals surface area contributed by atoms with Crippen LogP contribution in [0.15, 0.2) is 42.5 Å². The van der Waals surface area contributed by atoms with Crippen molar-refractivity contribution in [3.63, 3.8) is 0 Å². The van der Waals surface area contributed by atoms with E-state index in [0.717, 1.165) is 4.90 Å². The predicted octanol–water partition coefficient (Wildman–Crippen LogP) is 2.15. The summed E-state index contributed by atoms with van der Waals surface area (Å²) < 4.78 is 16.0. The molecule has 146 valence electrons. The number of urea groups is 1. The third kappa shape index (κ3) is 3.36. The number of nitrogens with zero attached hydrogens (tertiary/aromatic N) is 1. The van der Waals surface area contributed by atoms with Crippen molar-refractivity contribution >= 4 is 23.5 Å². The lowest BCUT2D eigenvalue weighted by Crippen LogP contribution is -2.58. The highest BCUT2D eigenvalue weighted by Crippen LogP contribution is 2.41. The van der Waals surface area contributed by atoms with Gasteiger partial charge < -0.3 is 14.2 Å². The zero-order valence-electron chi connectivity index (χ0n) is 15.7. The first kappa shape index (κ1) is 19.2. The fourth-order valence-electron chi connectivity index (χ4n) is 3.16. The van der Waals surface area contributed by atoms with Gasteiger partial charge in [-0.25, -0.2) is 9.69 Å². The van der Waals surface area contributed by atoms with Crippen molar-refractivity contribution in [2.75, 3.05) is 26.2 Å². The summed E-state index contributed by atoms with van der Waals surface area (Å²) in [5.41, 5.74) is 0.970. The molecule has 1 aliphatic rings. The molecule has 1 atom stereocenters. The Morgan fingerprint density at radius 1 is 0.893 bits per heavy atom. The van der Waals surface area contributed by atoms with E-state index in [-0.39, 0.29) is 6.42 Å². The Morgan fingerprint density at radius 3 is 2.18 bits per heavy atom. The zero-order valence-corrected chi connectivity index (χ0v) is 15.7. The number of rotatable bonds is 6. The Morgan fingerprint density at radius 2 is 1.57 bits per heavy atom. The minimum absolute atomic E-state index is 0.0325. The Labute approximate surface area is 162 Å². The van der Waals surface area contributed by atoms with Crippen molar-refractivity contribution in [1.29, 1.82) is 0 Å². The van der Waals surface area contributed by atoms with Crippen LogP contribution in [0.2, 0.25) is 0 Å². The van der Waals surface area contributed by atoms with E-state index in [1.807, 2.05) is 0 Å². The number of benzene rings is 2. The minimum Gasteiger partial charge on any atom is -0.493 e. The maximum Gasteiger partial charge on any atom is 0.335 e. The fraction of sp³-hybridized carbons (Fsp3) is 0.250. The molecule has 4 amide bonds. The Balaban J connectivity index is 1.96. The molecule has 0 spiro atoms. The number of barbiturate groups is 1. The first-order valence-electron chi connectivity index (χ1n) is 8.53. The third-order valence-electron chi connectivity index (χ3n) is 4.49. The van der Waals surface area contributed by atoms with Crippen LogP contribution in [0.4, 0.5) is 10.5 Å². The highest BCUT2D eigenvalue weighted by Gasteiger charge is 2.41. The highest BCUT2D eigenvalue weighted by atomic mass is 16.5. The molecule has 0 aromatic heterocycles. The van der Waals surface area contributed by atoms with E-state index in [9.17, 15) is 14.4 Å². The van der Waals surface area contributed by atoms with Crippen LogP contribution >= 0.6 is 0 Å². The molecule has 0 bridgehead atoms. The lowest BCUT2D eigenvalue weighted by molar-refractivity contribution is -0.134. The molecule has 0 aliphatic carbocycles. The second kappa shape index (κ2) is 7.99. The van der Waals surface area contributed by atoms with Crippen LogP contribution in [-0.2, 0) is 16.0 Å². The quantitative estimate of drug-likeness (QED) is 0.767. The molecular weight excluding hydrogens is 364 g/mol. The zero-order chi connectivity index (χ0) is 20.3. The maximum absolute atomic E-state index is 13.0. The van der Waals surface area contributed by atoms with Gasteiger partial charge in [0.1, 0.15) is 5.92 Å². The summed E-state index contributed by atoms with van der Waals surface area (Å²) in [5.74, 6) is -1.16. The van der Waals surface area contributed by atoms with Crippen LogP contribution in [0.1, 0.15) is 5.56 Å². The van der Waals surface area contributed by atoms with Crippen LogP contribution < -0.4 is 24.4 Å². The number of methoxy groups -OCH3 is 3. The number of anilines is 1. The number of imide groups is 2. The summed E-state index contributed by atoms with van der Waals surface area (Å²) in [6.45, 7) is 0. The summed E-state index contributed by atoms with van der Waals surface area (Å²) in [7, 11) is 4.43. The van der Waals surface area contributed by atoms with E-state index in [0.29, 0.717) is 28.5 Å². The number of carbonyl (C=O) groups excluding carboxylic acids is 3. The van der Waals surface area contributed by atoms with Crippen molar-refractivity contribution in [1.82, 2.24) is 5.32 Å². The Kier molecular flexibility index (Phi) is 5.49. The average molecular weight is 384 g/mol. The van der Waals surface area contributed by atoms with Gasteiger partial charge in [0, 0.05) is 0 Å². The molecule has 1 saturated heterocycles. The number of para-hydroxylation sites is 1. The van der Waals surface area contributed by atoms with Gasteiger partial charge in [0.15, 0.2) is 11.5 Å². The smallest absolute Gasteiger partial charge is 0.335 e. The van der Waals surface area contributed by atoms with Crippen molar-refractivity contribution in [3.8, 4) is 17.2 Å². The van der Waals surface area contributed by atoms with Gasteiger partial charge in [0.25, 0.3) is 0 Å². The number of ether oxygens (including phenoxy) is 3. The topological polar surface area (TPSA) is 94.2 Å². The largest absolute Gasteiger partial charge is 0.493 e. The number of carbonyl (C=O) groups is 3. The van der Waals surface area contributed by atoms with Gasteiger partial charge in [-0.15, -0.1) is 0 Å². The predicted molar refractivity (Wildman–Crippen MR) is 101 cm³/mol. The number of amides is 4. The SMILES string of the molecule is COc1ccc(C[C@@H]2C(=O)NC(=O)N(c3ccccc3)C2=O)c(OC)c1OC. The molecule has 0 unspecified atom stereocenters. The van der Waals surface area contributed by atoms with Crippen LogP contribution in [0.3, 0.4) is 0 Å². The monoisotopic (exact) mass is 384 g/mol. The van der Waals surface area contributed by atoms with Crippen LogP contribution in [-0.4, -0.2) is 39.2 Å². The molecule has 2 aromatic rings. The molecule has 8 nitrogen and oxygen atoms in total. The van der Waals surface area contributed by atoms with Crippen molar-refractivity contribution in [2.24, 2.45) is 5.92 Å². The molecule has 3 rings (SSSR count). The first-order valence-corrected chi connectivity index (χ1v) is 8.53. The van der Waals surface area contributed by atoms with Crippen molar-refractivity contribution < 1.29 is 28.6 Å². The van der Waals surface area contributed by atoms with E-state index in [2.05, 4.69) is 5.32 Å². The highest BCUT2D eigenvalue weighted by molar-refractivity contribution is 6.27. The van der Waals surface area contributed by atoms with Crippen LogP contribution in [0.5, 0.6) is 17.2 Å². The molecular formula is C20H20N2O6. The minimum atomic E-state index is -1.09. The van der Waals surface area contributed by atoms with Gasteiger partial charge in [0.2, 0.25) is 17.6 Å². The Hall–Kier alpha value is -3.55. The fourth-order valence-corrected chi connectivity index (χ4v) is 3.16. The summed E-state index contributed by atoms with van der Waals surface area (Å²) in [6.07, 6.45) is 0.0325. The lowest BCUT2D eigenvalue weighted by atomic mass is 9.94. The van der Waals surface area contributed by atoms with E-state index in [1.54, 1.807) is 42.5 Å². The van der Waals surface area contributed by atoms with E-state index >= 15 is 0 Å². The summed E-state index contributed by atoms with van der Waals surface area (Å²) in [6, 6.07) is 11.0. The van der Waals surface area contributed by atoms with Crippen LogP contribution in [0.25, 0.3) is 0 Å². The molecule has 2 aromatic carbocycles. The van der Waals surface area contributed by atoms with Gasteiger partial charge >= 0.3 is 6.03 Å². The van der Waals surface area contributed by atoms with Gasteiger partial charge in [-0.3, -0.25) is 14.9 Å². The van der Waals surface area contributed by atoms with E-state index < -0.39 is 23.8 Å². The first-order chi connectivity index (χ1) is 13.5. The maximum atomic E-state index is 13.0. The normalized spacial score (nSPS) is 16.6. The van der Waals surface area contributed by atoms with Crippen molar-refractivity contribution in [2.45, 2.75) is 6.42 Å².